The molecule has 0 radical (unpaired) electrons. The van der Waals surface area contributed by atoms with E-state index in [0.717, 1.165) is 32.3 Å². The van der Waals surface area contributed by atoms with Crippen molar-refractivity contribution in [2.24, 2.45) is 0 Å². The SMILES string of the molecule is CC(CCC(=O)O)OCCC(C)N1C(=O)c2ccc3c4ccc5c6c(ccc(c7ccc(c2c37)C1=O)c64)C(=O)N(C(C)(C)CCOC(C)CCC(=O)O)C5=O. The zero-order valence-electron chi connectivity index (χ0n) is 31.6. The fraction of sp³-hybridized carbons (Fsp3) is 0.395. The second-order valence-electron chi connectivity index (χ2n) is 15.5. The molecule has 0 saturated heterocycles. The molecule has 5 aromatic rings. The molecule has 2 N–H and O–H groups in total. The van der Waals surface area contributed by atoms with E-state index in [1.54, 1.807) is 45.0 Å². The topological polar surface area (TPSA) is 168 Å². The summed E-state index contributed by atoms with van der Waals surface area (Å²) >= 11 is 0. The highest BCUT2D eigenvalue weighted by molar-refractivity contribution is 6.41. The van der Waals surface area contributed by atoms with Gasteiger partial charge in [-0.25, -0.2) is 0 Å². The highest BCUT2D eigenvalue weighted by Gasteiger charge is 2.43. The Morgan fingerprint density at radius 1 is 0.582 bits per heavy atom. The third-order valence-corrected chi connectivity index (χ3v) is 11.3. The van der Waals surface area contributed by atoms with Gasteiger partial charge in [0.2, 0.25) is 0 Å². The highest BCUT2D eigenvalue weighted by atomic mass is 16.5. The summed E-state index contributed by atoms with van der Waals surface area (Å²) in [6.45, 7) is 9.54. The molecule has 3 atom stereocenters. The van der Waals surface area contributed by atoms with Gasteiger partial charge in [0, 0.05) is 70.7 Å². The Labute approximate surface area is 317 Å². The monoisotopic (exact) mass is 748 g/mol. The number of hydrogen-bond acceptors (Lipinski definition) is 8. The lowest BCUT2D eigenvalue weighted by atomic mass is 9.81. The number of nitrogens with zero attached hydrogens (tertiary/aromatic N) is 2. The van der Waals surface area contributed by atoms with Crippen LogP contribution >= 0.6 is 0 Å². The molecule has 2 aliphatic heterocycles. The molecule has 5 aromatic carbocycles. The van der Waals surface area contributed by atoms with Gasteiger partial charge in [-0.2, -0.15) is 0 Å². The highest BCUT2D eigenvalue weighted by Crippen LogP contribution is 2.47. The number of carbonyl (C=O) groups is 6. The smallest absolute Gasteiger partial charge is 0.303 e. The van der Waals surface area contributed by atoms with E-state index in [-0.39, 0.29) is 38.3 Å². The number of benzene rings is 5. The van der Waals surface area contributed by atoms with E-state index >= 15 is 0 Å². The summed E-state index contributed by atoms with van der Waals surface area (Å²) < 4.78 is 11.6. The molecule has 4 amide bonds. The number of amides is 4. The summed E-state index contributed by atoms with van der Waals surface area (Å²) in [7, 11) is 0. The fourth-order valence-electron chi connectivity index (χ4n) is 8.25. The molecule has 0 spiro atoms. The lowest BCUT2D eigenvalue weighted by molar-refractivity contribution is -0.138. The first-order chi connectivity index (χ1) is 26.1. The molecule has 0 bridgehead atoms. The van der Waals surface area contributed by atoms with E-state index in [9.17, 15) is 28.8 Å². The molecule has 3 unspecified atom stereocenters. The minimum atomic E-state index is -0.907. The van der Waals surface area contributed by atoms with Crippen molar-refractivity contribution in [1.29, 1.82) is 0 Å². The molecule has 7 rings (SSSR count). The van der Waals surface area contributed by atoms with Crippen LogP contribution in [0.1, 0.15) is 115 Å². The van der Waals surface area contributed by atoms with Crippen molar-refractivity contribution in [3.8, 4) is 0 Å². The van der Waals surface area contributed by atoms with E-state index in [4.69, 9.17) is 19.7 Å². The summed E-state index contributed by atoms with van der Waals surface area (Å²) in [5.74, 6) is -3.41. The van der Waals surface area contributed by atoms with Crippen molar-refractivity contribution in [1.82, 2.24) is 9.80 Å². The summed E-state index contributed by atoms with van der Waals surface area (Å²) in [5, 5.41) is 23.8. The molecule has 2 heterocycles. The number of aliphatic carboxylic acids is 2. The van der Waals surface area contributed by atoms with Gasteiger partial charge in [-0.1, -0.05) is 24.3 Å². The molecular formula is C43H44N2O10. The Balaban J connectivity index is 1.21. The lowest BCUT2D eigenvalue weighted by Crippen LogP contribution is -2.53. The molecule has 55 heavy (non-hydrogen) atoms. The van der Waals surface area contributed by atoms with E-state index in [1.807, 2.05) is 38.1 Å². The van der Waals surface area contributed by atoms with Crippen LogP contribution in [0.15, 0.2) is 48.5 Å². The normalized spacial score (nSPS) is 16.2. The van der Waals surface area contributed by atoms with Crippen LogP contribution < -0.4 is 0 Å². The maximum atomic E-state index is 14.2. The quantitative estimate of drug-likeness (QED) is 0.0589. The Bertz CT molecular complexity index is 2310. The maximum absolute atomic E-state index is 14.2. The average Bonchev–Trinajstić information content (AvgIpc) is 3.13. The summed E-state index contributed by atoms with van der Waals surface area (Å²) in [5.41, 5.74) is 0.729. The van der Waals surface area contributed by atoms with Crippen molar-refractivity contribution < 1.29 is 48.5 Å². The van der Waals surface area contributed by atoms with E-state index in [2.05, 4.69) is 0 Å². The van der Waals surface area contributed by atoms with Crippen LogP contribution in [-0.2, 0) is 19.1 Å². The Morgan fingerprint density at radius 3 is 1.36 bits per heavy atom. The predicted molar refractivity (Wildman–Crippen MR) is 206 cm³/mol. The van der Waals surface area contributed by atoms with Gasteiger partial charge in [-0.05, 0) is 117 Å². The van der Waals surface area contributed by atoms with Crippen LogP contribution in [-0.4, -0.2) is 92.6 Å². The number of rotatable bonds is 16. The van der Waals surface area contributed by atoms with Crippen molar-refractivity contribution in [2.75, 3.05) is 13.2 Å². The van der Waals surface area contributed by atoms with Gasteiger partial charge < -0.3 is 19.7 Å². The molecular weight excluding hydrogens is 704 g/mol. The number of carbonyl (C=O) groups excluding carboxylic acids is 4. The second kappa shape index (κ2) is 14.3. The van der Waals surface area contributed by atoms with Crippen LogP contribution in [0.3, 0.4) is 0 Å². The summed E-state index contributed by atoms with van der Waals surface area (Å²) in [6, 6.07) is 14.0. The Hall–Kier alpha value is -5.46. The van der Waals surface area contributed by atoms with Crippen molar-refractivity contribution >= 4 is 78.7 Å². The standard InChI is InChI=1S/C43H44N2O10/c1-22(18-20-54-23(2)6-16-33(46)47)44-39(50)29-12-8-25-27-10-14-31-38-32(15-11-28(36(27)38)26-9-13-30(40(44)51)37(29)35(25)26)42(53)45(41(31)52)43(4,5)19-21-55-24(3)7-17-34(48)49/h8-15,22-24H,6-7,16-21H2,1-5H3,(H,46,47)(H,48,49). The largest absolute Gasteiger partial charge is 0.481 e. The minimum Gasteiger partial charge on any atom is -0.481 e. The number of ether oxygens (including phenoxy) is 2. The predicted octanol–water partition coefficient (Wildman–Crippen LogP) is 7.42. The first kappa shape index (κ1) is 37.8. The van der Waals surface area contributed by atoms with Gasteiger partial charge in [0.25, 0.3) is 23.6 Å². The van der Waals surface area contributed by atoms with Gasteiger partial charge in [0.15, 0.2) is 0 Å². The maximum Gasteiger partial charge on any atom is 0.303 e. The first-order valence-electron chi connectivity index (χ1n) is 18.8. The first-order valence-corrected chi connectivity index (χ1v) is 18.8. The minimum absolute atomic E-state index is 0.00430. The van der Waals surface area contributed by atoms with Crippen molar-refractivity contribution in [2.45, 2.75) is 96.9 Å². The number of carboxylic acid groups (broad SMARTS) is 2. The van der Waals surface area contributed by atoms with Gasteiger partial charge in [-0.15, -0.1) is 0 Å². The summed E-state index contributed by atoms with van der Waals surface area (Å²) in [6.07, 6.45) is 0.881. The average molecular weight is 749 g/mol. The van der Waals surface area contributed by atoms with Gasteiger partial charge in [0.05, 0.1) is 12.2 Å². The molecule has 0 aliphatic carbocycles. The van der Waals surface area contributed by atoms with Crippen LogP contribution in [0.25, 0.3) is 43.1 Å². The third-order valence-electron chi connectivity index (χ3n) is 11.3. The van der Waals surface area contributed by atoms with Gasteiger partial charge in [-0.3, -0.25) is 38.6 Å². The zero-order chi connectivity index (χ0) is 39.5. The van der Waals surface area contributed by atoms with Gasteiger partial charge in [0.1, 0.15) is 0 Å². The third kappa shape index (κ3) is 6.46. The Morgan fingerprint density at radius 2 is 0.964 bits per heavy atom. The molecule has 12 nitrogen and oxygen atoms in total. The molecule has 0 fully saturated rings. The molecule has 0 aromatic heterocycles. The van der Waals surface area contributed by atoms with Crippen molar-refractivity contribution in [3.05, 3.63) is 70.8 Å². The fourth-order valence-corrected chi connectivity index (χ4v) is 8.25. The van der Waals surface area contributed by atoms with Crippen LogP contribution in [0.2, 0.25) is 0 Å². The van der Waals surface area contributed by atoms with E-state index in [1.165, 1.54) is 9.80 Å². The van der Waals surface area contributed by atoms with Crippen LogP contribution in [0, 0.1) is 0 Å². The summed E-state index contributed by atoms with van der Waals surface area (Å²) in [4.78, 5) is 81.0. The van der Waals surface area contributed by atoms with Crippen LogP contribution in [0.5, 0.6) is 0 Å². The number of hydrogen-bond donors (Lipinski definition) is 2. The molecule has 12 heteroatoms. The number of carboxylic acids is 2. The van der Waals surface area contributed by atoms with Crippen LogP contribution in [0.4, 0.5) is 0 Å². The van der Waals surface area contributed by atoms with Gasteiger partial charge >= 0.3 is 11.9 Å². The molecule has 0 saturated carbocycles. The van der Waals surface area contributed by atoms with Crippen molar-refractivity contribution in [3.63, 3.8) is 0 Å². The second-order valence-corrected chi connectivity index (χ2v) is 15.5. The molecule has 286 valence electrons. The zero-order valence-corrected chi connectivity index (χ0v) is 31.6. The Kier molecular flexibility index (Phi) is 9.85. The van der Waals surface area contributed by atoms with E-state index < -0.39 is 47.1 Å². The molecule has 2 aliphatic rings. The number of fused-ring (bicyclic) bond motifs is 2. The number of imide groups is 2. The lowest BCUT2D eigenvalue weighted by Gasteiger charge is -2.40. The van der Waals surface area contributed by atoms with E-state index in [0.29, 0.717) is 58.7 Å².